The second-order valence-corrected chi connectivity index (χ2v) is 17.0. The fourth-order valence-electron chi connectivity index (χ4n) is 8.48. The lowest BCUT2D eigenvalue weighted by molar-refractivity contribution is -0.302. The molecule has 14 heteroatoms. The molecule has 326 valence electrons. The number of unbranched alkanes of at least 4 members (excludes halogenated alkanes) is 2. The van der Waals surface area contributed by atoms with E-state index in [1.807, 2.05) is 43.1 Å². The van der Waals surface area contributed by atoms with Crippen molar-refractivity contribution in [2.45, 2.75) is 167 Å². The van der Waals surface area contributed by atoms with E-state index in [1.165, 1.54) is 27.9 Å². The average molecular weight is 810 g/mol. The van der Waals surface area contributed by atoms with Crippen molar-refractivity contribution in [1.29, 1.82) is 0 Å². The minimum atomic E-state index is -1.95. The van der Waals surface area contributed by atoms with Gasteiger partial charge in [0.2, 0.25) is 0 Å². The van der Waals surface area contributed by atoms with Crippen molar-refractivity contribution in [3.05, 3.63) is 29.8 Å². The molecule has 14 atom stereocenters. The minimum Gasteiger partial charge on any atom is -0.494 e. The van der Waals surface area contributed by atoms with Gasteiger partial charge in [0.15, 0.2) is 12.1 Å². The van der Waals surface area contributed by atoms with Crippen LogP contribution < -0.4 is 4.74 Å². The maximum absolute atomic E-state index is 13.8. The van der Waals surface area contributed by atoms with Crippen LogP contribution in [0.1, 0.15) is 106 Å². The molecule has 1 aromatic rings. The quantitative estimate of drug-likeness (QED) is 0.127. The van der Waals surface area contributed by atoms with Gasteiger partial charge in [-0.3, -0.25) is 19.3 Å². The summed E-state index contributed by atoms with van der Waals surface area (Å²) in [5.41, 5.74) is -2.22. The number of benzene rings is 1. The molecule has 0 aromatic heterocycles. The summed E-state index contributed by atoms with van der Waals surface area (Å²) in [5.74, 6) is -4.18. The maximum Gasteiger partial charge on any atom is 0.311 e. The number of ketones is 2. The summed E-state index contributed by atoms with van der Waals surface area (Å²) in [7, 11) is 3.39. The number of hydrogen-bond donors (Lipinski definition) is 5. The Labute approximate surface area is 339 Å². The molecule has 2 unspecified atom stereocenters. The lowest BCUT2D eigenvalue weighted by Gasteiger charge is -2.48. The number of carbonyl (C=O) groups excluding carboxylic acids is 3. The number of rotatable bonds is 15. The van der Waals surface area contributed by atoms with Gasteiger partial charge in [-0.25, -0.2) is 0 Å². The van der Waals surface area contributed by atoms with Crippen molar-refractivity contribution in [3.63, 3.8) is 0 Å². The first-order valence-corrected chi connectivity index (χ1v) is 20.6. The summed E-state index contributed by atoms with van der Waals surface area (Å²) >= 11 is 0. The van der Waals surface area contributed by atoms with E-state index >= 15 is 0 Å². The minimum absolute atomic E-state index is 0.0896. The van der Waals surface area contributed by atoms with E-state index in [9.17, 15) is 34.8 Å². The third-order valence-electron chi connectivity index (χ3n) is 12.3. The molecule has 1 aromatic carbocycles. The second-order valence-electron chi connectivity index (χ2n) is 17.0. The lowest BCUT2D eigenvalue weighted by Crippen LogP contribution is -2.60. The van der Waals surface area contributed by atoms with Gasteiger partial charge >= 0.3 is 5.97 Å². The topological polar surface area (TPSA) is 202 Å². The monoisotopic (exact) mass is 809 g/mol. The predicted octanol–water partition coefficient (Wildman–Crippen LogP) is 3.59. The van der Waals surface area contributed by atoms with Crippen molar-refractivity contribution < 1.29 is 63.6 Å². The molecule has 2 aliphatic rings. The summed E-state index contributed by atoms with van der Waals surface area (Å²) in [5, 5.41) is 55.2. The van der Waals surface area contributed by atoms with Crippen molar-refractivity contribution in [2.24, 2.45) is 23.7 Å². The molecule has 0 amide bonds. The fraction of sp³-hybridized carbons (Fsp3) is 0.791. The fourth-order valence-corrected chi connectivity index (χ4v) is 8.48. The van der Waals surface area contributed by atoms with Crippen LogP contribution in [0.25, 0.3) is 0 Å². The van der Waals surface area contributed by atoms with Crippen LogP contribution in [0.5, 0.6) is 5.75 Å². The van der Waals surface area contributed by atoms with Gasteiger partial charge in [0, 0.05) is 43.9 Å². The number of ether oxygens (including phenoxy) is 5. The van der Waals surface area contributed by atoms with Gasteiger partial charge < -0.3 is 49.2 Å². The van der Waals surface area contributed by atoms with Crippen molar-refractivity contribution in [3.8, 4) is 5.75 Å². The second kappa shape index (κ2) is 21.6. The summed E-state index contributed by atoms with van der Waals surface area (Å²) in [6.07, 6.45) is -4.23. The normalized spacial score (nSPS) is 37.4. The molecule has 57 heavy (non-hydrogen) atoms. The van der Waals surface area contributed by atoms with Gasteiger partial charge in [0.1, 0.15) is 35.9 Å². The number of cyclic esters (lactones) is 1. The average Bonchev–Trinajstić information content (AvgIpc) is 3.19. The van der Waals surface area contributed by atoms with Gasteiger partial charge in [-0.15, -0.1) is 0 Å². The highest BCUT2D eigenvalue weighted by molar-refractivity contribution is 5.83. The maximum atomic E-state index is 13.8. The Morgan fingerprint density at radius 2 is 1.61 bits per heavy atom. The molecule has 5 N–H and O–H groups in total. The van der Waals surface area contributed by atoms with E-state index in [-0.39, 0.29) is 30.5 Å². The molecular weight excluding hydrogens is 738 g/mol. The van der Waals surface area contributed by atoms with Crippen LogP contribution in [-0.2, 0) is 39.9 Å². The van der Waals surface area contributed by atoms with Gasteiger partial charge in [-0.05, 0) is 91.0 Å². The number of likely N-dealkylation sites (N-methyl/N-ethyl adjacent to an activating group) is 1. The number of hydrogen-bond acceptors (Lipinski definition) is 14. The highest BCUT2D eigenvalue weighted by atomic mass is 16.7. The highest BCUT2D eigenvalue weighted by Gasteiger charge is 2.52. The Morgan fingerprint density at radius 1 is 0.965 bits per heavy atom. The number of nitrogens with zero attached hydrogens (tertiary/aromatic N) is 1. The first kappa shape index (κ1) is 48.8. The molecule has 2 aliphatic heterocycles. The largest absolute Gasteiger partial charge is 0.494 e. The van der Waals surface area contributed by atoms with Gasteiger partial charge in [-0.2, -0.15) is 0 Å². The lowest BCUT2D eigenvalue weighted by atomic mass is 9.74. The van der Waals surface area contributed by atoms with Crippen molar-refractivity contribution >= 4 is 17.5 Å². The molecular formula is C43H71NO13. The van der Waals surface area contributed by atoms with Crippen LogP contribution in [0, 0.1) is 23.7 Å². The van der Waals surface area contributed by atoms with Crippen LogP contribution in [0.4, 0.5) is 0 Å². The van der Waals surface area contributed by atoms with E-state index in [1.54, 1.807) is 27.7 Å². The van der Waals surface area contributed by atoms with Gasteiger partial charge in [-0.1, -0.05) is 39.8 Å². The first-order valence-electron chi connectivity index (χ1n) is 20.6. The number of carbonyl (C=O) groups is 3. The molecule has 0 saturated carbocycles. The van der Waals surface area contributed by atoms with E-state index in [2.05, 4.69) is 0 Å². The number of Topliss-reactive ketones (excluding diaryl/α,β-unsaturated/α-hetero) is 2. The zero-order valence-electron chi connectivity index (χ0n) is 35.8. The van der Waals surface area contributed by atoms with E-state index in [0.29, 0.717) is 26.0 Å². The molecule has 3 rings (SSSR count). The highest BCUT2D eigenvalue weighted by Crippen LogP contribution is 2.39. The standard InChI is InChI=1S/C43H71NO13/c1-11-34-43(8,52)38(50)27(4)35(47)25(2)22-42(7,53-10)39(28(5)36(48)29(6)40(51)56-34)57-41-37(49)33(21-26(3)55-41)44(9)23-30-16-18-32(19-17-30)54-20-14-12-13-15-31(46)24-45/h16-19,25-29,33-34,36-39,41,45,48-50,52H,11-15,20-24H2,1-10H3/t25-,26-,27+,28+,29-,33+,34?,36-,37-,38-,39-,41?,42+,43-/m1/s1. The summed E-state index contributed by atoms with van der Waals surface area (Å²) < 4.78 is 30.6. The summed E-state index contributed by atoms with van der Waals surface area (Å²) in [6.45, 7) is 13.8. The number of aliphatic hydroxyl groups excluding tert-OH is 4. The van der Waals surface area contributed by atoms with E-state index < -0.39 is 90.3 Å². The number of methoxy groups -OCH3 is 1. The third-order valence-corrected chi connectivity index (χ3v) is 12.3. The molecule has 0 radical (unpaired) electrons. The Morgan fingerprint density at radius 3 is 2.21 bits per heavy atom. The van der Waals surface area contributed by atoms with E-state index in [4.69, 9.17) is 28.8 Å². The van der Waals surface area contributed by atoms with Crippen molar-refractivity contribution in [2.75, 3.05) is 27.4 Å². The molecule has 0 spiro atoms. The van der Waals surface area contributed by atoms with Crippen LogP contribution in [0.2, 0.25) is 0 Å². The zero-order chi connectivity index (χ0) is 42.8. The van der Waals surface area contributed by atoms with E-state index in [0.717, 1.165) is 30.6 Å². The molecule has 2 heterocycles. The number of aliphatic hydroxyl groups is 5. The molecule has 2 fully saturated rings. The Kier molecular flexibility index (Phi) is 18.5. The molecule has 14 nitrogen and oxygen atoms in total. The smallest absolute Gasteiger partial charge is 0.311 e. The van der Waals surface area contributed by atoms with Crippen molar-refractivity contribution in [1.82, 2.24) is 4.90 Å². The summed E-state index contributed by atoms with van der Waals surface area (Å²) in [4.78, 5) is 40.7. The van der Waals surface area contributed by atoms with Gasteiger partial charge in [0.05, 0.1) is 42.5 Å². The number of esters is 1. The van der Waals surface area contributed by atoms with Crippen LogP contribution in [0.3, 0.4) is 0 Å². The first-order chi connectivity index (χ1) is 26.7. The van der Waals surface area contributed by atoms with Crippen LogP contribution >= 0.6 is 0 Å². The zero-order valence-corrected chi connectivity index (χ0v) is 35.8. The SMILES string of the molecule is CCC1OC(=O)[C@H](C)[C@H](O)[C@H](C)[C@@H](OC2O[C@H](C)C[C@H](N(C)Cc3ccc(OCCCCCC(=O)CO)cc3)[C@H]2O)[C@@](C)(OC)C[C@@H](C)C(=O)[C@H](C)[C@@H](O)[C@]1(C)O. The Balaban J connectivity index is 1.82. The Bertz CT molecular complexity index is 1420. The third kappa shape index (κ3) is 12.5. The molecule has 0 aliphatic carbocycles. The molecule has 0 bridgehead atoms. The Hall–Kier alpha value is -2.53. The predicted molar refractivity (Wildman–Crippen MR) is 212 cm³/mol. The summed E-state index contributed by atoms with van der Waals surface area (Å²) in [6, 6.07) is 7.34. The van der Waals surface area contributed by atoms with Gasteiger partial charge in [0.25, 0.3) is 0 Å². The van der Waals surface area contributed by atoms with Crippen LogP contribution in [-0.4, -0.2) is 135 Å². The van der Waals surface area contributed by atoms with Crippen LogP contribution in [0.15, 0.2) is 24.3 Å². The molecule has 2 saturated heterocycles.